The molecule has 7 heteroatoms. The zero-order chi connectivity index (χ0) is 21.8. The van der Waals surface area contributed by atoms with Crippen molar-refractivity contribution < 1.29 is 19.5 Å². The number of nitrogens with one attached hydrogen (secondary N) is 2. The van der Waals surface area contributed by atoms with Crippen molar-refractivity contribution in [2.75, 3.05) is 20.2 Å². The van der Waals surface area contributed by atoms with E-state index in [0.717, 1.165) is 25.7 Å². The van der Waals surface area contributed by atoms with Crippen LogP contribution in [0.5, 0.6) is 0 Å². The highest BCUT2D eigenvalue weighted by Gasteiger charge is 2.56. The Morgan fingerprint density at radius 2 is 1.76 bits per heavy atom. The van der Waals surface area contributed by atoms with Crippen molar-refractivity contribution in [2.24, 2.45) is 23.7 Å². The molecule has 0 radical (unpaired) electrons. The molecule has 1 saturated heterocycles. The summed E-state index contributed by atoms with van der Waals surface area (Å²) in [6.07, 6.45) is 7.22. The molecule has 2 aliphatic rings. The highest BCUT2D eigenvalue weighted by atomic mass is 16.3. The van der Waals surface area contributed by atoms with Gasteiger partial charge in [0, 0.05) is 31.7 Å². The number of carbonyl (C=O) groups excluding carboxylic acids is 3. The second kappa shape index (κ2) is 9.74. The minimum atomic E-state index is -0.597. The van der Waals surface area contributed by atoms with Gasteiger partial charge in [0.2, 0.25) is 17.7 Å². The van der Waals surface area contributed by atoms with E-state index >= 15 is 0 Å². The van der Waals surface area contributed by atoms with Crippen molar-refractivity contribution in [2.45, 2.75) is 65.0 Å². The number of hydrogen-bond acceptors (Lipinski definition) is 4. The maximum Gasteiger partial charge on any atom is 0.243 e. The van der Waals surface area contributed by atoms with E-state index in [0.29, 0.717) is 6.54 Å². The molecule has 0 saturated carbocycles. The predicted molar refractivity (Wildman–Crippen MR) is 112 cm³/mol. The van der Waals surface area contributed by atoms with E-state index < -0.39 is 23.4 Å². The van der Waals surface area contributed by atoms with E-state index in [1.54, 1.807) is 11.9 Å². The van der Waals surface area contributed by atoms with Gasteiger partial charge in [0.25, 0.3) is 0 Å². The summed E-state index contributed by atoms with van der Waals surface area (Å²) in [5, 5.41) is 14.7. The third-order valence-corrected chi connectivity index (χ3v) is 5.90. The summed E-state index contributed by atoms with van der Waals surface area (Å²) in [5.74, 6) is -1.75. The van der Waals surface area contributed by atoms with Gasteiger partial charge in [-0.2, -0.15) is 0 Å². The van der Waals surface area contributed by atoms with Crippen molar-refractivity contribution in [1.82, 2.24) is 15.5 Å². The molecule has 164 valence electrons. The number of rotatable bonds is 8. The third-order valence-electron chi connectivity index (χ3n) is 5.90. The molecule has 3 amide bonds. The van der Waals surface area contributed by atoms with Crippen LogP contribution in [0.3, 0.4) is 0 Å². The second-order valence-electron chi connectivity index (χ2n) is 9.34. The van der Waals surface area contributed by atoms with Gasteiger partial charge in [0.1, 0.15) is 6.04 Å². The third kappa shape index (κ3) is 5.38. The summed E-state index contributed by atoms with van der Waals surface area (Å²) in [6.45, 7) is 8.36. The van der Waals surface area contributed by atoms with E-state index in [-0.39, 0.29) is 36.2 Å². The average Bonchev–Trinajstić information content (AvgIpc) is 2.92. The first-order chi connectivity index (χ1) is 13.6. The van der Waals surface area contributed by atoms with Gasteiger partial charge in [-0.05, 0) is 39.5 Å². The molecule has 29 heavy (non-hydrogen) atoms. The largest absolute Gasteiger partial charge is 0.396 e. The molecule has 7 nitrogen and oxygen atoms in total. The Morgan fingerprint density at radius 1 is 1.10 bits per heavy atom. The average molecular weight is 408 g/mol. The second-order valence-corrected chi connectivity index (χ2v) is 9.34. The Balaban J connectivity index is 2.29. The number of hydrogen-bond donors (Lipinski definition) is 3. The summed E-state index contributed by atoms with van der Waals surface area (Å²) >= 11 is 0. The summed E-state index contributed by atoms with van der Waals surface area (Å²) in [5.41, 5.74) is -0.406. The standard InChI is InChI=1S/C22H37N3O4/c1-14-10-11-15-17(16(14)19(27)23-5)21(29)25(12-8-6-7-9-13-26)18(15)20(28)24-22(2,3)4/h10-11,14-18,26H,6-9,12-13H2,1-5H3,(H,23,27)(H,24,28)/t14-,15+,16-,17+,18+/m1/s1. The van der Waals surface area contributed by atoms with Crippen LogP contribution in [0.1, 0.15) is 53.4 Å². The lowest BCUT2D eigenvalue weighted by molar-refractivity contribution is -0.140. The van der Waals surface area contributed by atoms with Gasteiger partial charge in [-0.25, -0.2) is 0 Å². The van der Waals surface area contributed by atoms with Crippen LogP contribution in [-0.2, 0) is 14.4 Å². The number of likely N-dealkylation sites (tertiary alicyclic amines) is 1. The normalized spacial score (nSPS) is 29.0. The molecule has 0 aromatic heterocycles. The molecular formula is C22H37N3O4. The number of nitrogens with zero attached hydrogens (tertiary/aromatic N) is 1. The monoisotopic (exact) mass is 407 g/mol. The molecule has 3 N–H and O–H groups in total. The van der Waals surface area contributed by atoms with E-state index in [1.807, 2.05) is 39.8 Å². The SMILES string of the molecule is CNC(=O)[C@H]1[C@H]2C(=O)N(CCCCCCO)[C@H](C(=O)NC(C)(C)C)[C@H]2C=C[C@H]1C. The van der Waals surface area contributed by atoms with E-state index in [4.69, 9.17) is 5.11 Å². The zero-order valence-electron chi connectivity index (χ0n) is 18.4. The smallest absolute Gasteiger partial charge is 0.243 e. The first-order valence-electron chi connectivity index (χ1n) is 10.8. The molecule has 0 unspecified atom stereocenters. The first kappa shape index (κ1) is 23.4. The van der Waals surface area contributed by atoms with Crippen molar-refractivity contribution >= 4 is 17.7 Å². The Hall–Kier alpha value is -1.89. The number of amides is 3. The van der Waals surface area contributed by atoms with Gasteiger partial charge in [0.05, 0.1) is 11.8 Å². The number of fused-ring (bicyclic) bond motifs is 1. The Kier molecular flexibility index (Phi) is 7.86. The topological polar surface area (TPSA) is 98.7 Å². The van der Waals surface area contributed by atoms with Crippen molar-refractivity contribution in [3.8, 4) is 0 Å². The number of allylic oxidation sites excluding steroid dienone is 1. The maximum atomic E-state index is 13.4. The minimum Gasteiger partial charge on any atom is -0.396 e. The lowest BCUT2D eigenvalue weighted by Crippen LogP contribution is -2.52. The van der Waals surface area contributed by atoms with Crippen LogP contribution in [0.4, 0.5) is 0 Å². The molecule has 1 aliphatic carbocycles. The van der Waals surface area contributed by atoms with Crippen LogP contribution >= 0.6 is 0 Å². The number of unbranched alkanes of at least 4 members (excludes halogenated alkanes) is 3. The molecule has 2 rings (SSSR count). The summed E-state index contributed by atoms with van der Waals surface area (Å²) in [4.78, 5) is 40.8. The Morgan fingerprint density at radius 3 is 2.34 bits per heavy atom. The van der Waals surface area contributed by atoms with Crippen LogP contribution in [0.25, 0.3) is 0 Å². The van der Waals surface area contributed by atoms with Gasteiger partial charge in [-0.15, -0.1) is 0 Å². The predicted octanol–water partition coefficient (Wildman–Crippen LogP) is 1.47. The van der Waals surface area contributed by atoms with Gasteiger partial charge in [-0.3, -0.25) is 14.4 Å². The van der Waals surface area contributed by atoms with Gasteiger partial charge >= 0.3 is 0 Å². The molecule has 1 heterocycles. The van der Waals surface area contributed by atoms with Crippen LogP contribution < -0.4 is 10.6 Å². The minimum absolute atomic E-state index is 0.0593. The van der Waals surface area contributed by atoms with Crippen LogP contribution in [0, 0.1) is 23.7 Å². The molecule has 0 bridgehead atoms. The summed E-state index contributed by atoms with van der Waals surface area (Å²) in [6, 6.07) is -0.597. The van der Waals surface area contributed by atoms with Gasteiger partial charge in [-0.1, -0.05) is 31.9 Å². The van der Waals surface area contributed by atoms with Crippen molar-refractivity contribution in [3.63, 3.8) is 0 Å². The first-order valence-corrected chi connectivity index (χ1v) is 10.8. The molecule has 0 aromatic carbocycles. The van der Waals surface area contributed by atoms with Gasteiger partial charge < -0.3 is 20.6 Å². The number of aliphatic hydroxyl groups excluding tert-OH is 1. The number of carbonyl (C=O) groups is 3. The molecule has 1 aliphatic heterocycles. The van der Waals surface area contributed by atoms with Gasteiger partial charge in [0.15, 0.2) is 0 Å². The lowest BCUT2D eigenvalue weighted by atomic mass is 9.70. The van der Waals surface area contributed by atoms with E-state index in [2.05, 4.69) is 10.6 Å². The van der Waals surface area contributed by atoms with Crippen LogP contribution in [0.15, 0.2) is 12.2 Å². The van der Waals surface area contributed by atoms with Crippen LogP contribution in [-0.4, -0.2) is 59.5 Å². The van der Waals surface area contributed by atoms with E-state index in [9.17, 15) is 14.4 Å². The molecule has 1 fully saturated rings. The summed E-state index contributed by atoms with van der Waals surface area (Å²) in [7, 11) is 1.59. The summed E-state index contributed by atoms with van der Waals surface area (Å²) < 4.78 is 0. The van der Waals surface area contributed by atoms with Crippen LogP contribution in [0.2, 0.25) is 0 Å². The fourth-order valence-electron chi connectivity index (χ4n) is 4.59. The molecular weight excluding hydrogens is 370 g/mol. The Labute approximate surface area is 174 Å². The molecule has 0 spiro atoms. The maximum absolute atomic E-state index is 13.4. The highest BCUT2D eigenvalue weighted by Crippen LogP contribution is 2.44. The fourth-order valence-corrected chi connectivity index (χ4v) is 4.59. The van der Waals surface area contributed by atoms with E-state index in [1.165, 1.54) is 0 Å². The molecule has 5 atom stereocenters. The molecule has 0 aromatic rings. The quantitative estimate of drug-likeness (QED) is 0.419. The zero-order valence-corrected chi connectivity index (χ0v) is 18.4. The fraction of sp³-hybridized carbons (Fsp3) is 0.773. The van der Waals surface area contributed by atoms with Crippen molar-refractivity contribution in [3.05, 3.63) is 12.2 Å². The Bertz CT molecular complexity index is 640. The highest BCUT2D eigenvalue weighted by molar-refractivity contribution is 5.96. The van der Waals surface area contributed by atoms with Crippen molar-refractivity contribution in [1.29, 1.82) is 0 Å². The number of aliphatic hydroxyl groups is 1. The lowest BCUT2D eigenvalue weighted by Gasteiger charge is -2.33.